The van der Waals surface area contributed by atoms with Crippen molar-refractivity contribution in [3.05, 3.63) is 0 Å². The number of halogens is 4. The first-order chi connectivity index (χ1) is 16.1. The van der Waals surface area contributed by atoms with E-state index < -0.39 is 74.5 Å². The zero-order chi connectivity index (χ0) is 24.6. The number of ether oxygens (including phenoxy) is 1. The van der Waals surface area contributed by atoms with Gasteiger partial charge in [-0.05, 0) is 44.9 Å². The van der Waals surface area contributed by atoms with E-state index in [0.29, 0.717) is 12.8 Å². The summed E-state index contributed by atoms with van der Waals surface area (Å²) in [6, 6.07) is -1.59. The van der Waals surface area contributed by atoms with Gasteiger partial charge in [0.25, 0.3) is 0 Å². The molecule has 34 heavy (non-hydrogen) atoms. The van der Waals surface area contributed by atoms with Crippen molar-refractivity contribution in [3.8, 4) is 0 Å². The summed E-state index contributed by atoms with van der Waals surface area (Å²) in [4.78, 5) is 13.0. The van der Waals surface area contributed by atoms with E-state index in [1.54, 1.807) is 0 Å². The molecule has 6 unspecified atom stereocenters. The fourth-order valence-electron chi connectivity index (χ4n) is 5.93. The molecule has 4 aliphatic rings. The van der Waals surface area contributed by atoms with Crippen molar-refractivity contribution < 1.29 is 31.8 Å². The number of morpholine rings is 1. The molecule has 3 aliphatic carbocycles. The molecular weight excluding hydrogens is 513 g/mol. The molecular formula is C22H34Cl2F2N2O5S. The number of hydrogen-bond donors (Lipinski definition) is 2. The second-order valence-corrected chi connectivity index (χ2v) is 13.4. The molecule has 3 saturated carbocycles. The van der Waals surface area contributed by atoms with Gasteiger partial charge in [-0.25, -0.2) is 17.2 Å². The number of sulfonamides is 1. The van der Waals surface area contributed by atoms with Gasteiger partial charge in [-0.3, -0.25) is 4.79 Å². The highest BCUT2D eigenvalue weighted by molar-refractivity contribution is 7.89. The maximum atomic E-state index is 15.2. The standard InChI is InChI=1S/C22H34Cl2F2N2O5S/c23-15-2-1-3-16(24)21(15)22(30)27-18-9-19-20(8-17(18)26)33-13(11-29)10-28(19)34(31,32)14-6-4-12(25)5-7-14/h12-21,29H,1-11H2,(H,27,30)/t12?,13-,14?,15?,16?,17?,18?,19?,20?,21?/m1/s1. The minimum absolute atomic E-state index is 0.0417. The number of alkyl halides is 4. The fraction of sp³-hybridized carbons (Fsp3) is 0.955. The Bertz CT molecular complexity index is 822. The third-order valence-corrected chi connectivity index (χ3v) is 11.2. The largest absolute Gasteiger partial charge is 0.394 e. The van der Waals surface area contributed by atoms with Crippen LogP contribution in [0, 0.1) is 5.92 Å². The Morgan fingerprint density at radius 1 is 1.06 bits per heavy atom. The van der Waals surface area contributed by atoms with Gasteiger partial charge < -0.3 is 15.2 Å². The topological polar surface area (TPSA) is 95.9 Å². The van der Waals surface area contributed by atoms with E-state index in [0.717, 1.165) is 6.42 Å². The highest BCUT2D eigenvalue weighted by atomic mass is 35.5. The molecule has 1 amide bonds. The number of fused-ring (bicyclic) bond motifs is 1. The predicted octanol–water partition coefficient (Wildman–Crippen LogP) is 2.66. The molecule has 7 atom stereocenters. The number of nitrogens with one attached hydrogen (secondary N) is 1. The zero-order valence-electron chi connectivity index (χ0n) is 19.0. The second kappa shape index (κ2) is 11.0. The molecule has 0 spiro atoms. The van der Waals surface area contributed by atoms with Crippen molar-refractivity contribution in [2.24, 2.45) is 5.92 Å². The lowest BCUT2D eigenvalue weighted by atomic mass is 9.84. The number of carbonyl (C=O) groups is 1. The van der Waals surface area contributed by atoms with Gasteiger partial charge in [0.2, 0.25) is 15.9 Å². The summed E-state index contributed by atoms with van der Waals surface area (Å²) in [7, 11) is -3.83. The summed E-state index contributed by atoms with van der Waals surface area (Å²) in [6.07, 6.45) is -1.03. The van der Waals surface area contributed by atoms with E-state index in [-0.39, 0.29) is 51.7 Å². The summed E-state index contributed by atoms with van der Waals surface area (Å²) < 4.78 is 63.1. The molecule has 1 heterocycles. The highest BCUT2D eigenvalue weighted by Crippen LogP contribution is 2.38. The minimum Gasteiger partial charge on any atom is -0.394 e. The number of carbonyl (C=O) groups excluding carboxylic acids is 1. The maximum Gasteiger partial charge on any atom is 0.226 e. The molecule has 0 aromatic rings. The molecule has 7 nitrogen and oxygen atoms in total. The van der Waals surface area contributed by atoms with Gasteiger partial charge in [-0.2, -0.15) is 4.31 Å². The Morgan fingerprint density at radius 3 is 2.32 bits per heavy atom. The van der Waals surface area contributed by atoms with E-state index in [2.05, 4.69) is 5.32 Å². The molecule has 0 aromatic heterocycles. The summed E-state index contributed by atoms with van der Waals surface area (Å²) in [6.45, 7) is -0.442. The number of hydrogen-bond acceptors (Lipinski definition) is 5. The van der Waals surface area contributed by atoms with Crippen molar-refractivity contribution in [1.29, 1.82) is 0 Å². The molecule has 1 saturated heterocycles. The van der Waals surface area contributed by atoms with Gasteiger partial charge in [0.15, 0.2) is 0 Å². The van der Waals surface area contributed by atoms with E-state index in [9.17, 15) is 22.7 Å². The Kier molecular flexibility index (Phi) is 8.67. The van der Waals surface area contributed by atoms with Crippen LogP contribution in [0.5, 0.6) is 0 Å². The average molecular weight is 547 g/mol. The first-order valence-electron chi connectivity index (χ1n) is 12.3. The van der Waals surface area contributed by atoms with Crippen molar-refractivity contribution in [3.63, 3.8) is 0 Å². The normalized spacial score (nSPS) is 44.3. The predicted molar refractivity (Wildman–Crippen MR) is 125 cm³/mol. The van der Waals surface area contributed by atoms with Gasteiger partial charge in [-0.1, -0.05) is 6.42 Å². The molecule has 1 aliphatic heterocycles. The van der Waals surface area contributed by atoms with Crippen LogP contribution in [0.2, 0.25) is 0 Å². The molecule has 4 fully saturated rings. The monoisotopic (exact) mass is 546 g/mol. The zero-order valence-corrected chi connectivity index (χ0v) is 21.3. The van der Waals surface area contributed by atoms with Crippen LogP contribution in [0.3, 0.4) is 0 Å². The average Bonchev–Trinajstić information content (AvgIpc) is 2.79. The molecule has 4 rings (SSSR count). The Balaban J connectivity index is 1.51. The molecule has 0 aromatic carbocycles. The summed E-state index contributed by atoms with van der Waals surface area (Å²) >= 11 is 12.7. The van der Waals surface area contributed by atoms with Crippen LogP contribution in [0.25, 0.3) is 0 Å². The van der Waals surface area contributed by atoms with Gasteiger partial charge in [0.05, 0.1) is 42.1 Å². The van der Waals surface area contributed by atoms with Crippen LogP contribution in [0.4, 0.5) is 8.78 Å². The SMILES string of the molecule is O=C(NC1CC2C(CC1F)O[C@@H](CO)CN2S(=O)(=O)C1CCC(F)CC1)C1C(Cl)CCCC1Cl. The van der Waals surface area contributed by atoms with E-state index >= 15 is 4.39 Å². The quantitative estimate of drug-likeness (QED) is 0.517. The Labute approximate surface area is 209 Å². The minimum atomic E-state index is -3.83. The number of aliphatic hydroxyl groups is 1. The lowest BCUT2D eigenvalue weighted by molar-refractivity contribution is -0.142. The van der Waals surface area contributed by atoms with Crippen LogP contribution in [-0.4, -0.2) is 89.5 Å². The lowest BCUT2D eigenvalue weighted by Crippen LogP contribution is -2.65. The third-order valence-electron chi connectivity index (χ3n) is 7.86. The summed E-state index contributed by atoms with van der Waals surface area (Å²) in [5, 5.41) is 10.8. The van der Waals surface area contributed by atoms with Crippen molar-refractivity contribution in [2.45, 2.75) is 110 Å². The van der Waals surface area contributed by atoms with Crippen LogP contribution in [0.1, 0.15) is 57.8 Å². The van der Waals surface area contributed by atoms with Gasteiger partial charge in [0, 0.05) is 23.7 Å². The first kappa shape index (κ1) is 26.8. The van der Waals surface area contributed by atoms with Crippen LogP contribution >= 0.6 is 23.2 Å². The van der Waals surface area contributed by atoms with E-state index in [1.165, 1.54) is 4.31 Å². The molecule has 2 N–H and O–H groups in total. The van der Waals surface area contributed by atoms with Crippen molar-refractivity contribution >= 4 is 39.1 Å². The molecule has 12 heteroatoms. The third kappa shape index (κ3) is 5.52. The molecule has 0 radical (unpaired) electrons. The van der Waals surface area contributed by atoms with E-state index in [4.69, 9.17) is 27.9 Å². The van der Waals surface area contributed by atoms with Crippen LogP contribution in [0.15, 0.2) is 0 Å². The van der Waals surface area contributed by atoms with Gasteiger partial charge in [0.1, 0.15) is 12.3 Å². The van der Waals surface area contributed by atoms with Gasteiger partial charge >= 0.3 is 0 Å². The first-order valence-corrected chi connectivity index (χ1v) is 14.6. The Morgan fingerprint density at radius 2 is 1.71 bits per heavy atom. The maximum absolute atomic E-state index is 15.2. The van der Waals surface area contributed by atoms with Gasteiger partial charge in [-0.15, -0.1) is 23.2 Å². The Hall–Kier alpha value is -0.260. The number of aliphatic hydroxyl groups excluding tert-OH is 1. The smallest absolute Gasteiger partial charge is 0.226 e. The van der Waals surface area contributed by atoms with Crippen LogP contribution in [-0.2, 0) is 19.6 Å². The highest BCUT2D eigenvalue weighted by Gasteiger charge is 2.51. The second-order valence-electron chi connectivity index (χ2n) is 10.1. The fourth-order valence-corrected chi connectivity index (χ4v) is 9.12. The van der Waals surface area contributed by atoms with E-state index in [1.807, 2.05) is 0 Å². The summed E-state index contributed by atoms with van der Waals surface area (Å²) in [5.74, 6) is -1.05. The van der Waals surface area contributed by atoms with Crippen LogP contribution < -0.4 is 5.32 Å². The summed E-state index contributed by atoms with van der Waals surface area (Å²) in [5.41, 5.74) is 0. The number of amides is 1. The number of rotatable bonds is 5. The van der Waals surface area contributed by atoms with Crippen molar-refractivity contribution in [2.75, 3.05) is 13.2 Å². The van der Waals surface area contributed by atoms with Crippen molar-refractivity contribution in [1.82, 2.24) is 9.62 Å². The molecule has 196 valence electrons. The molecule has 0 bridgehead atoms. The lowest BCUT2D eigenvalue weighted by Gasteiger charge is -2.49. The number of nitrogens with zero attached hydrogens (tertiary/aromatic N) is 1.